The van der Waals surface area contributed by atoms with Gasteiger partial charge < -0.3 is 14.4 Å². The van der Waals surface area contributed by atoms with Crippen molar-refractivity contribution in [3.05, 3.63) is 12.2 Å². The molecule has 0 aromatic rings. The summed E-state index contributed by atoms with van der Waals surface area (Å²) in [5.41, 5.74) is 0. The molecule has 0 aromatic carbocycles. The van der Waals surface area contributed by atoms with Crippen molar-refractivity contribution in [2.75, 3.05) is 26.3 Å². The molecule has 0 radical (unpaired) electrons. The highest BCUT2D eigenvalue weighted by molar-refractivity contribution is 6.53. The molecule has 1 aliphatic rings. The van der Waals surface area contributed by atoms with E-state index in [0.717, 1.165) is 6.42 Å². The fourth-order valence-corrected chi connectivity index (χ4v) is 1.72. The van der Waals surface area contributed by atoms with Crippen LogP contribution in [0.4, 0.5) is 0 Å². The van der Waals surface area contributed by atoms with Crippen LogP contribution >= 0.6 is 23.2 Å². The molecule has 0 bridgehead atoms. The number of allylic oxidation sites excluding steroid dienone is 1. The molecular weight excluding hydrogens is 265 g/mol. The molecular formula is C11H17Cl2NO3. The Bertz CT molecular complexity index is 265. The Hall–Kier alpha value is -0.290. The minimum atomic E-state index is -1.05. The predicted octanol–water partition coefficient (Wildman–Crippen LogP) is 1.96. The highest BCUT2D eigenvalue weighted by Gasteiger charge is 2.24. The average Bonchev–Trinajstić information content (AvgIpc) is 2.34. The summed E-state index contributed by atoms with van der Waals surface area (Å²) >= 11 is 11.2. The number of hydrogen-bond acceptors (Lipinski definition) is 3. The SMILES string of the molecule is C/C=C/CN(CC1OCCCO1)C(=O)C(Cl)Cl. The van der Waals surface area contributed by atoms with Gasteiger partial charge >= 0.3 is 0 Å². The van der Waals surface area contributed by atoms with E-state index < -0.39 is 4.84 Å². The lowest BCUT2D eigenvalue weighted by atomic mass is 10.4. The third kappa shape index (κ3) is 5.25. The number of carbonyl (C=O) groups is 1. The van der Waals surface area contributed by atoms with Crippen molar-refractivity contribution < 1.29 is 14.3 Å². The Morgan fingerprint density at radius 3 is 2.65 bits per heavy atom. The molecule has 0 spiro atoms. The number of halogens is 2. The lowest BCUT2D eigenvalue weighted by Crippen LogP contribution is -2.43. The molecule has 4 nitrogen and oxygen atoms in total. The second-order valence-electron chi connectivity index (χ2n) is 3.64. The number of ether oxygens (including phenoxy) is 2. The first-order valence-corrected chi connectivity index (χ1v) is 6.43. The molecule has 0 aliphatic carbocycles. The van der Waals surface area contributed by atoms with E-state index >= 15 is 0 Å². The predicted molar refractivity (Wildman–Crippen MR) is 67.2 cm³/mol. The fraction of sp³-hybridized carbons (Fsp3) is 0.727. The van der Waals surface area contributed by atoms with E-state index in [1.54, 1.807) is 0 Å². The molecule has 1 rings (SSSR count). The zero-order valence-corrected chi connectivity index (χ0v) is 11.3. The highest BCUT2D eigenvalue weighted by atomic mass is 35.5. The summed E-state index contributed by atoms with van der Waals surface area (Å²) in [7, 11) is 0. The zero-order valence-electron chi connectivity index (χ0n) is 9.77. The molecule has 0 N–H and O–H groups in total. The van der Waals surface area contributed by atoms with E-state index in [4.69, 9.17) is 32.7 Å². The van der Waals surface area contributed by atoms with Gasteiger partial charge in [-0.05, 0) is 13.3 Å². The molecule has 0 aromatic heterocycles. The molecule has 1 aliphatic heterocycles. The number of amides is 1. The lowest BCUT2D eigenvalue weighted by Gasteiger charge is -2.29. The molecule has 1 amide bonds. The molecule has 0 unspecified atom stereocenters. The molecule has 0 atom stereocenters. The fourth-order valence-electron chi connectivity index (χ4n) is 1.45. The molecule has 0 saturated carbocycles. The largest absolute Gasteiger partial charge is 0.351 e. The quantitative estimate of drug-likeness (QED) is 0.571. The van der Waals surface area contributed by atoms with Gasteiger partial charge in [-0.15, -0.1) is 0 Å². The van der Waals surface area contributed by atoms with E-state index in [0.29, 0.717) is 26.3 Å². The summed E-state index contributed by atoms with van der Waals surface area (Å²) in [6, 6.07) is 0. The zero-order chi connectivity index (χ0) is 12.7. The Morgan fingerprint density at radius 2 is 2.12 bits per heavy atom. The Morgan fingerprint density at radius 1 is 1.47 bits per heavy atom. The maximum Gasteiger partial charge on any atom is 0.256 e. The van der Waals surface area contributed by atoms with E-state index in [9.17, 15) is 4.79 Å². The average molecular weight is 282 g/mol. The number of alkyl halides is 2. The Balaban J connectivity index is 2.52. The third-order valence-electron chi connectivity index (χ3n) is 2.33. The van der Waals surface area contributed by atoms with E-state index in [2.05, 4.69) is 0 Å². The van der Waals surface area contributed by atoms with Gasteiger partial charge in [0.2, 0.25) is 0 Å². The summed E-state index contributed by atoms with van der Waals surface area (Å²) in [4.78, 5) is 12.2. The Kier molecular flexibility index (Phi) is 6.89. The summed E-state index contributed by atoms with van der Waals surface area (Å²) in [6.45, 7) is 3.99. The van der Waals surface area contributed by atoms with Crippen LogP contribution in [-0.4, -0.2) is 48.2 Å². The van der Waals surface area contributed by atoms with Gasteiger partial charge in [-0.25, -0.2) is 0 Å². The minimum Gasteiger partial charge on any atom is -0.351 e. The number of rotatable bonds is 5. The van der Waals surface area contributed by atoms with Gasteiger partial charge in [-0.2, -0.15) is 0 Å². The van der Waals surface area contributed by atoms with Crippen LogP contribution in [-0.2, 0) is 14.3 Å². The van der Waals surface area contributed by atoms with Crippen molar-refractivity contribution in [2.45, 2.75) is 24.5 Å². The normalized spacial score (nSPS) is 17.9. The first kappa shape index (κ1) is 14.8. The standard InChI is InChI=1S/C11H17Cl2NO3/c1-2-3-5-14(11(15)10(12)13)8-9-16-6-4-7-17-9/h2-3,9-10H,4-8H2,1H3/b3-2+. The van der Waals surface area contributed by atoms with Crippen LogP contribution in [0.15, 0.2) is 12.2 Å². The highest BCUT2D eigenvalue weighted by Crippen LogP contribution is 2.11. The van der Waals surface area contributed by atoms with Crippen LogP contribution in [0.5, 0.6) is 0 Å². The monoisotopic (exact) mass is 281 g/mol. The van der Waals surface area contributed by atoms with Gasteiger partial charge in [-0.1, -0.05) is 35.4 Å². The maximum atomic E-state index is 11.7. The summed E-state index contributed by atoms with van der Waals surface area (Å²) in [6.07, 6.45) is 4.22. The second-order valence-corrected chi connectivity index (χ2v) is 4.73. The van der Waals surface area contributed by atoms with Gasteiger partial charge in [0.1, 0.15) is 0 Å². The lowest BCUT2D eigenvalue weighted by molar-refractivity contribution is -0.188. The first-order valence-electron chi connectivity index (χ1n) is 5.56. The van der Waals surface area contributed by atoms with Crippen LogP contribution in [0, 0.1) is 0 Å². The van der Waals surface area contributed by atoms with Gasteiger partial charge in [0.15, 0.2) is 11.1 Å². The van der Waals surface area contributed by atoms with Crippen molar-refractivity contribution in [2.24, 2.45) is 0 Å². The molecule has 6 heteroatoms. The van der Waals surface area contributed by atoms with E-state index in [1.165, 1.54) is 4.90 Å². The van der Waals surface area contributed by atoms with Gasteiger partial charge in [0.05, 0.1) is 19.8 Å². The van der Waals surface area contributed by atoms with Gasteiger partial charge in [0.25, 0.3) is 5.91 Å². The number of carbonyl (C=O) groups excluding carboxylic acids is 1. The smallest absolute Gasteiger partial charge is 0.256 e. The van der Waals surface area contributed by atoms with Crippen LogP contribution in [0.25, 0.3) is 0 Å². The Labute approximate surface area is 111 Å². The van der Waals surface area contributed by atoms with Crippen LogP contribution in [0.1, 0.15) is 13.3 Å². The molecule has 1 heterocycles. The van der Waals surface area contributed by atoms with Crippen molar-refractivity contribution in [1.82, 2.24) is 4.90 Å². The molecule has 17 heavy (non-hydrogen) atoms. The van der Waals surface area contributed by atoms with Crippen molar-refractivity contribution in [3.63, 3.8) is 0 Å². The minimum absolute atomic E-state index is 0.329. The molecule has 1 saturated heterocycles. The summed E-state index contributed by atoms with van der Waals surface area (Å²) in [5.74, 6) is -0.329. The topological polar surface area (TPSA) is 38.8 Å². The second kappa shape index (κ2) is 7.93. The van der Waals surface area contributed by atoms with E-state index in [-0.39, 0.29) is 12.2 Å². The summed E-state index contributed by atoms with van der Waals surface area (Å²) in [5, 5.41) is 0. The van der Waals surface area contributed by atoms with Crippen molar-refractivity contribution in [1.29, 1.82) is 0 Å². The van der Waals surface area contributed by atoms with Crippen LogP contribution in [0.2, 0.25) is 0 Å². The summed E-state index contributed by atoms with van der Waals surface area (Å²) < 4.78 is 10.8. The van der Waals surface area contributed by atoms with Crippen LogP contribution in [0.3, 0.4) is 0 Å². The molecule has 1 fully saturated rings. The maximum absolute atomic E-state index is 11.7. The van der Waals surface area contributed by atoms with Crippen molar-refractivity contribution in [3.8, 4) is 0 Å². The van der Waals surface area contributed by atoms with Gasteiger partial charge in [0, 0.05) is 6.54 Å². The van der Waals surface area contributed by atoms with Crippen LogP contribution < -0.4 is 0 Å². The van der Waals surface area contributed by atoms with Crippen molar-refractivity contribution >= 4 is 29.1 Å². The first-order chi connectivity index (χ1) is 8.15. The third-order valence-corrected chi connectivity index (χ3v) is 2.70. The number of nitrogens with zero attached hydrogens (tertiary/aromatic N) is 1. The van der Waals surface area contributed by atoms with Gasteiger partial charge in [-0.3, -0.25) is 4.79 Å². The van der Waals surface area contributed by atoms with E-state index in [1.807, 2.05) is 19.1 Å². The number of hydrogen-bond donors (Lipinski definition) is 0. The molecule has 98 valence electrons.